The van der Waals surface area contributed by atoms with Gasteiger partial charge in [0.1, 0.15) is 11.8 Å². The van der Waals surface area contributed by atoms with Crippen molar-refractivity contribution in [3.63, 3.8) is 0 Å². The minimum atomic E-state index is -0.402. The number of hydrogen-bond acceptors (Lipinski definition) is 8. The quantitative estimate of drug-likeness (QED) is 0.667. The van der Waals surface area contributed by atoms with Gasteiger partial charge in [-0.1, -0.05) is 6.42 Å². The van der Waals surface area contributed by atoms with Crippen LogP contribution >= 0.6 is 0 Å². The van der Waals surface area contributed by atoms with Crippen LogP contribution in [0, 0.1) is 5.92 Å². The predicted molar refractivity (Wildman–Crippen MR) is 113 cm³/mol. The average Bonchev–Trinajstić information content (AvgIpc) is 3.35. The normalized spacial score (nSPS) is 43.1. The Hall–Kier alpha value is -0.320. The van der Waals surface area contributed by atoms with Crippen molar-refractivity contribution in [2.45, 2.75) is 62.5 Å². The molecule has 5 aliphatic heterocycles. The molecule has 5 aliphatic rings. The number of nitrogens with one attached hydrogen (secondary N) is 1. The number of nitrogens with zero attached hydrogens (tertiary/aromatic N) is 3. The van der Waals surface area contributed by atoms with Crippen LogP contribution in [0.1, 0.15) is 38.5 Å². The zero-order valence-electron chi connectivity index (χ0n) is 18.3. The summed E-state index contributed by atoms with van der Waals surface area (Å²) >= 11 is 0. The maximum absolute atomic E-state index is 11.5. The van der Waals surface area contributed by atoms with Crippen LogP contribution in [0.15, 0.2) is 0 Å². The molecular formula is C22H40N4O4. The molecule has 8 nitrogen and oxygen atoms in total. The molecular weight excluding hydrogens is 384 g/mol. The van der Waals surface area contributed by atoms with Gasteiger partial charge in [0.05, 0.1) is 32.0 Å². The molecule has 30 heavy (non-hydrogen) atoms. The lowest BCUT2D eigenvalue weighted by Gasteiger charge is -2.65. The first-order valence-electron chi connectivity index (χ1n) is 12.3. The molecule has 0 bridgehead atoms. The molecule has 0 aliphatic carbocycles. The second-order valence-electron chi connectivity index (χ2n) is 9.52. The number of rotatable bonds is 4. The fourth-order valence-electron chi connectivity index (χ4n) is 6.68. The number of morpholine rings is 2. The van der Waals surface area contributed by atoms with Crippen LogP contribution in [-0.4, -0.2) is 116 Å². The van der Waals surface area contributed by atoms with Crippen molar-refractivity contribution in [3.05, 3.63) is 0 Å². The second kappa shape index (κ2) is 9.67. The summed E-state index contributed by atoms with van der Waals surface area (Å²) in [6, 6.07) is 0. The van der Waals surface area contributed by atoms with E-state index in [1.807, 2.05) is 0 Å². The van der Waals surface area contributed by atoms with E-state index in [9.17, 15) is 5.11 Å². The maximum atomic E-state index is 11.5. The first-order chi connectivity index (χ1) is 14.8. The van der Waals surface area contributed by atoms with Crippen LogP contribution in [0.2, 0.25) is 0 Å². The van der Waals surface area contributed by atoms with Crippen molar-refractivity contribution in [1.29, 1.82) is 0 Å². The largest absolute Gasteiger partial charge is 0.393 e. The number of aliphatic hydroxyl groups is 1. The van der Waals surface area contributed by atoms with Crippen LogP contribution < -0.4 is 5.32 Å². The summed E-state index contributed by atoms with van der Waals surface area (Å²) in [6.07, 6.45) is 6.42. The molecule has 0 spiro atoms. The van der Waals surface area contributed by atoms with E-state index in [1.165, 1.54) is 19.3 Å². The molecule has 5 heterocycles. The third-order valence-electron chi connectivity index (χ3n) is 7.91. The monoisotopic (exact) mass is 424 g/mol. The molecule has 0 radical (unpaired) electrons. The Labute approximate surface area is 180 Å². The molecule has 5 fully saturated rings. The van der Waals surface area contributed by atoms with E-state index >= 15 is 0 Å². The summed E-state index contributed by atoms with van der Waals surface area (Å²) in [4.78, 5) is 2.59. The van der Waals surface area contributed by atoms with E-state index in [4.69, 9.17) is 14.2 Å². The van der Waals surface area contributed by atoms with Gasteiger partial charge in [-0.05, 0) is 32.1 Å². The zero-order valence-corrected chi connectivity index (χ0v) is 18.3. The van der Waals surface area contributed by atoms with Crippen LogP contribution in [-0.2, 0) is 14.2 Å². The molecule has 0 aromatic heterocycles. The first kappa shape index (κ1) is 21.5. The maximum Gasteiger partial charge on any atom is 0.123 e. The third-order valence-corrected chi connectivity index (χ3v) is 7.91. The van der Waals surface area contributed by atoms with Crippen LogP contribution in [0.4, 0.5) is 0 Å². The van der Waals surface area contributed by atoms with Crippen molar-refractivity contribution in [3.8, 4) is 0 Å². The second-order valence-corrected chi connectivity index (χ2v) is 9.52. The molecule has 0 saturated carbocycles. The van der Waals surface area contributed by atoms with Crippen molar-refractivity contribution in [2.75, 3.05) is 72.2 Å². The van der Waals surface area contributed by atoms with Gasteiger partial charge in [-0.2, -0.15) is 0 Å². The fourth-order valence-corrected chi connectivity index (χ4v) is 6.68. The van der Waals surface area contributed by atoms with Crippen LogP contribution in [0.25, 0.3) is 0 Å². The van der Waals surface area contributed by atoms with Crippen molar-refractivity contribution >= 4 is 0 Å². The van der Waals surface area contributed by atoms with E-state index in [1.54, 1.807) is 0 Å². The summed E-state index contributed by atoms with van der Waals surface area (Å²) in [6.45, 7) is 9.54. The van der Waals surface area contributed by atoms with Gasteiger partial charge >= 0.3 is 0 Å². The van der Waals surface area contributed by atoms with Gasteiger partial charge in [0.15, 0.2) is 0 Å². The minimum Gasteiger partial charge on any atom is -0.393 e. The fraction of sp³-hybridized carbons (Fsp3) is 1.00. The Kier molecular flexibility index (Phi) is 6.93. The van der Waals surface area contributed by atoms with Crippen LogP contribution in [0.3, 0.4) is 0 Å². The highest BCUT2D eigenvalue weighted by atomic mass is 16.5. The van der Waals surface area contributed by atoms with Crippen LogP contribution in [0.5, 0.6) is 0 Å². The van der Waals surface area contributed by atoms with Gasteiger partial charge < -0.3 is 24.6 Å². The summed E-state index contributed by atoms with van der Waals surface area (Å²) in [5.41, 5.74) is -0.402. The minimum absolute atomic E-state index is 0.00423. The summed E-state index contributed by atoms with van der Waals surface area (Å²) in [7, 11) is 0. The van der Waals surface area contributed by atoms with E-state index in [0.29, 0.717) is 0 Å². The number of ether oxygens (including phenoxy) is 3. The topological polar surface area (TPSA) is 69.7 Å². The number of aliphatic hydroxyl groups excluding tert-OH is 1. The Morgan fingerprint density at radius 3 is 2.37 bits per heavy atom. The Morgan fingerprint density at radius 1 is 0.833 bits per heavy atom. The zero-order chi connectivity index (χ0) is 20.4. The van der Waals surface area contributed by atoms with Gasteiger partial charge in [-0.25, -0.2) is 10.0 Å². The number of hydrogen-bond donors (Lipinski definition) is 2. The summed E-state index contributed by atoms with van der Waals surface area (Å²) < 4.78 is 18.6. The Bertz CT molecular complexity index is 525. The third kappa shape index (κ3) is 3.83. The smallest absolute Gasteiger partial charge is 0.123 e. The van der Waals surface area contributed by atoms with Crippen molar-refractivity contribution in [2.24, 2.45) is 5.92 Å². The van der Waals surface area contributed by atoms with E-state index in [2.05, 4.69) is 20.2 Å². The van der Waals surface area contributed by atoms with Gasteiger partial charge in [0.2, 0.25) is 0 Å². The predicted octanol–water partition coefficient (Wildman–Crippen LogP) is 0.266. The molecule has 5 atom stereocenters. The summed E-state index contributed by atoms with van der Waals surface area (Å²) in [5, 5.41) is 20.3. The Balaban J connectivity index is 1.60. The number of hydrazine groups is 1. The van der Waals surface area contributed by atoms with Gasteiger partial charge in [-0.15, -0.1) is 0 Å². The molecule has 5 unspecified atom stereocenters. The molecule has 8 heteroatoms. The highest BCUT2D eigenvalue weighted by Gasteiger charge is 2.63. The molecule has 0 amide bonds. The van der Waals surface area contributed by atoms with E-state index < -0.39 is 5.66 Å². The lowest BCUT2D eigenvalue weighted by atomic mass is 9.72. The van der Waals surface area contributed by atoms with E-state index in [0.717, 1.165) is 91.5 Å². The van der Waals surface area contributed by atoms with Gasteiger partial charge in [0.25, 0.3) is 0 Å². The Morgan fingerprint density at radius 2 is 1.67 bits per heavy atom. The van der Waals surface area contributed by atoms with E-state index in [-0.39, 0.29) is 24.2 Å². The molecule has 5 saturated heterocycles. The highest BCUT2D eigenvalue weighted by Crippen LogP contribution is 2.47. The summed E-state index contributed by atoms with van der Waals surface area (Å²) in [5.74, 6) is 0.0127. The number of piperidine rings is 2. The lowest BCUT2D eigenvalue weighted by molar-refractivity contribution is -0.308. The van der Waals surface area contributed by atoms with Gasteiger partial charge in [-0.3, -0.25) is 4.90 Å². The standard InChI is InChI=1S/C22H40N4O4/c27-18-6-10-26(25-8-2-1-3-9-25)22(20-17-23-7-14-30-20,24-11-15-28-16-12-24)21(18)19-5-4-13-29-19/h18-21,23,27H,1-17H2. The highest BCUT2D eigenvalue weighted by molar-refractivity contribution is 5.11. The lowest BCUT2D eigenvalue weighted by Crippen LogP contribution is -2.82. The SMILES string of the molecule is OC1CCN(N2CCCCC2)C(C2CNCCO2)(N2CCOCC2)C1C1CCCO1. The molecule has 0 aromatic rings. The first-order valence-corrected chi connectivity index (χ1v) is 12.3. The van der Waals surface area contributed by atoms with Crippen molar-refractivity contribution < 1.29 is 19.3 Å². The molecule has 172 valence electrons. The average molecular weight is 425 g/mol. The molecule has 5 rings (SSSR count). The van der Waals surface area contributed by atoms with Crippen molar-refractivity contribution in [1.82, 2.24) is 20.2 Å². The van der Waals surface area contributed by atoms with Gasteiger partial charge in [0, 0.05) is 58.3 Å². The molecule has 2 N–H and O–H groups in total. The molecule has 0 aromatic carbocycles.